The molecule has 0 atom stereocenters. The quantitative estimate of drug-likeness (QED) is 0.697. The van der Waals surface area contributed by atoms with Crippen molar-refractivity contribution in [3.05, 3.63) is 34.9 Å². The average Bonchev–Trinajstić information content (AvgIpc) is 2.03. The Kier molecular flexibility index (Phi) is 3.97. The van der Waals surface area contributed by atoms with Crippen LogP contribution in [0.25, 0.3) is 0 Å². The van der Waals surface area contributed by atoms with Crippen molar-refractivity contribution in [3.8, 4) is 0 Å². The molecule has 1 aromatic carbocycles. The average molecular weight is 177 g/mol. The molecule has 0 aromatic heterocycles. The van der Waals surface area contributed by atoms with Gasteiger partial charge in [-0.2, -0.15) is 0 Å². The molecule has 1 N–H and O–H groups in total. The Hall–Kier alpha value is -0.820. The fourth-order valence-corrected chi connectivity index (χ4v) is 1.68. The fraction of sp³-hybridized carbons (Fsp3) is 0.500. The summed E-state index contributed by atoms with van der Waals surface area (Å²) < 4.78 is 0. The van der Waals surface area contributed by atoms with Gasteiger partial charge in [-0.25, -0.2) is 0 Å². The molecule has 0 amide bonds. The number of hydrogen-bond acceptors (Lipinski definition) is 1. The number of nitrogens with one attached hydrogen (secondary N) is 1. The van der Waals surface area contributed by atoms with Crippen molar-refractivity contribution in [1.82, 2.24) is 5.32 Å². The highest BCUT2D eigenvalue weighted by molar-refractivity contribution is 5.28. The molecular weight excluding hydrogens is 158 g/mol. The van der Waals surface area contributed by atoms with Gasteiger partial charge in [-0.1, -0.05) is 29.3 Å². The number of hydrogen-bond donors (Lipinski definition) is 1. The Morgan fingerprint density at radius 2 is 1.69 bits per heavy atom. The van der Waals surface area contributed by atoms with Gasteiger partial charge in [-0.05, 0) is 45.8 Å². The first-order valence-corrected chi connectivity index (χ1v) is 4.94. The Balaban J connectivity index is 2.56. The zero-order valence-electron chi connectivity index (χ0n) is 8.85. The molecule has 1 heteroatoms. The van der Waals surface area contributed by atoms with Gasteiger partial charge in [-0.15, -0.1) is 0 Å². The largest absolute Gasteiger partial charge is 0.320 e. The van der Waals surface area contributed by atoms with Gasteiger partial charge in [0.05, 0.1) is 0 Å². The lowest BCUT2D eigenvalue weighted by Gasteiger charge is -2.04. The van der Waals surface area contributed by atoms with Crippen LogP contribution < -0.4 is 5.32 Å². The van der Waals surface area contributed by atoms with E-state index in [0.29, 0.717) is 0 Å². The van der Waals surface area contributed by atoms with Crippen LogP contribution in [0.5, 0.6) is 0 Å². The third-order valence-electron chi connectivity index (χ3n) is 2.17. The molecule has 0 aliphatic heterocycles. The van der Waals surface area contributed by atoms with E-state index in [0.717, 1.165) is 6.54 Å². The van der Waals surface area contributed by atoms with Crippen molar-refractivity contribution in [2.24, 2.45) is 0 Å². The highest BCUT2D eigenvalue weighted by atomic mass is 14.8. The normalized spacial score (nSPS) is 10.4. The lowest BCUT2D eigenvalue weighted by molar-refractivity contribution is 0.724. The third-order valence-corrected chi connectivity index (χ3v) is 2.17. The molecular formula is C12H19N. The van der Waals surface area contributed by atoms with E-state index < -0.39 is 0 Å². The standard InChI is InChI=1S/C12H19N/c1-10-7-11(2)9-12(8-10)5-4-6-13-3/h7-9,13H,4-6H2,1-3H3. The predicted molar refractivity (Wildman–Crippen MR) is 58.2 cm³/mol. The summed E-state index contributed by atoms with van der Waals surface area (Å²) in [7, 11) is 2.00. The molecule has 0 aliphatic carbocycles. The smallest absolute Gasteiger partial charge is 0.00488 e. The van der Waals surface area contributed by atoms with Crippen LogP contribution in [0.3, 0.4) is 0 Å². The highest BCUT2D eigenvalue weighted by Crippen LogP contribution is 2.10. The van der Waals surface area contributed by atoms with Gasteiger partial charge < -0.3 is 5.32 Å². The predicted octanol–water partition coefficient (Wildman–Crippen LogP) is 2.46. The first-order chi connectivity index (χ1) is 6.22. The summed E-state index contributed by atoms with van der Waals surface area (Å²) in [5, 5.41) is 3.17. The van der Waals surface area contributed by atoms with Gasteiger partial charge in [0.25, 0.3) is 0 Å². The van der Waals surface area contributed by atoms with Crippen LogP contribution in [0.4, 0.5) is 0 Å². The van der Waals surface area contributed by atoms with Crippen LogP contribution >= 0.6 is 0 Å². The van der Waals surface area contributed by atoms with E-state index >= 15 is 0 Å². The Bertz CT molecular complexity index is 246. The van der Waals surface area contributed by atoms with Crippen LogP contribution in [-0.4, -0.2) is 13.6 Å². The Labute approximate surface area is 81.2 Å². The molecule has 1 nitrogen and oxygen atoms in total. The molecule has 0 heterocycles. The van der Waals surface area contributed by atoms with Crippen molar-refractivity contribution in [3.63, 3.8) is 0 Å². The van der Waals surface area contributed by atoms with Crippen LogP contribution in [0.2, 0.25) is 0 Å². The molecule has 13 heavy (non-hydrogen) atoms. The van der Waals surface area contributed by atoms with Crippen molar-refractivity contribution in [2.75, 3.05) is 13.6 Å². The summed E-state index contributed by atoms with van der Waals surface area (Å²) in [4.78, 5) is 0. The summed E-state index contributed by atoms with van der Waals surface area (Å²) in [6.07, 6.45) is 2.41. The lowest BCUT2D eigenvalue weighted by atomic mass is 10.0. The molecule has 0 aliphatic rings. The SMILES string of the molecule is CNCCCc1cc(C)cc(C)c1. The Morgan fingerprint density at radius 3 is 2.23 bits per heavy atom. The van der Waals surface area contributed by atoms with Gasteiger partial charge in [0.2, 0.25) is 0 Å². The van der Waals surface area contributed by atoms with Crippen LogP contribution in [0.1, 0.15) is 23.1 Å². The van der Waals surface area contributed by atoms with E-state index in [1.54, 1.807) is 0 Å². The maximum atomic E-state index is 3.17. The van der Waals surface area contributed by atoms with E-state index in [-0.39, 0.29) is 0 Å². The number of aryl methyl sites for hydroxylation is 3. The minimum absolute atomic E-state index is 1.10. The summed E-state index contributed by atoms with van der Waals surface area (Å²) >= 11 is 0. The first kappa shape index (κ1) is 10.3. The first-order valence-electron chi connectivity index (χ1n) is 4.94. The molecule has 72 valence electrons. The van der Waals surface area contributed by atoms with Gasteiger partial charge in [0.1, 0.15) is 0 Å². The van der Waals surface area contributed by atoms with Crippen molar-refractivity contribution >= 4 is 0 Å². The molecule has 0 spiro atoms. The van der Waals surface area contributed by atoms with E-state index in [1.807, 2.05) is 7.05 Å². The second kappa shape index (κ2) is 5.03. The third kappa shape index (κ3) is 3.60. The van der Waals surface area contributed by atoms with Crippen LogP contribution in [0, 0.1) is 13.8 Å². The van der Waals surface area contributed by atoms with Gasteiger partial charge >= 0.3 is 0 Å². The second-order valence-corrected chi connectivity index (χ2v) is 3.70. The molecule has 1 aromatic rings. The van der Waals surface area contributed by atoms with E-state index in [9.17, 15) is 0 Å². The monoisotopic (exact) mass is 177 g/mol. The molecule has 1 rings (SSSR count). The maximum Gasteiger partial charge on any atom is -0.00488 e. The molecule has 0 radical (unpaired) electrons. The fourth-order valence-electron chi connectivity index (χ4n) is 1.68. The number of rotatable bonds is 4. The second-order valence-electron chi connectivity index (χ2n) is 3.70. The molecule has 0 unspecified atom stereocenters. The lowest BCUT2D eigenvalue weighted by Crippen LogP contribution is -2.08. The Morgan fingerprint density at radius 1 is 1.08 bits per heavy atom. The van der Waals surface area contributed by atoms with Gasteiger partial charge in [0.15, 0.2) is 0 Å². The van der Waals surface area contributed by atoms with E-state index in [1.165, 1.54) is 29.5 Å². The maximum absolute atomic E-state index is 3.17. The van der Waals surface area contributed by atoms with Crippen LogP contribution in [-0.2, 0) is 6.42 Å². The molecule has 0 saturated heterocycles. The molecule has 0 bridgehead atoms. The van der Waals surface area contributed by atoms with Crippen molar-refractivity contribution < 1.29 is 0 Å². The zero-order chi connectivity index (χ0) is 9.68. The minimum Gasteiger partial charge on any atom is -0.320 e. The molecule has 0 saturated carbocycles. The van der Waals surface area contributed by atoms with Crippen molar-refractivity contribution in [2.45, 2.75) is 26.7 Å². The summed E-state index contributed by atoms with van der Waals surface area (Å²) in [6.45, 7) is 5.43. The summed E-state index contributed by atoms with van der Waals surface area (Å²) in [5.41, 5.74) is 4.21. The summed E-state index contributed by atoms with van der Waals surface area (Å²) in [6, 6.07) is 6.78. The van der Waals surface area contributed by atoms with Crippen molar-refractivity contribution in [1.29, 1.82) is 0 Å². The van der Waals surface area contributed by atoms with Crippen LogP contribution in [0.15, 0.2) is 18.2 Å². The van der Waals surface area contributed by atoms with E-state index in [2.05, 4.69) is 37.4 Å². The van der Waals surface area contributed by atoms with Gasteiger partial charge in [0, 0.05) is 0 Å². The topological polar surface area (TPSA) is 12.0 Å². The van der Waals surface area contributed by atoms with E-state index in [4.69, 9.17) is 0 Å². The highest BCUT2D eigenvalue weighted by Gasteiger charge is 1.95. The van der Waals surface area contributed by atoms with Gasteiger partial charge in [-0.3, -0.25) is 0 Å². The summed E-state index contributed by atoms with van der Waals surface area (Å²) in [5.74, 6) is 0. The molecule has 0 fully saturated rings. The number of benzene rings is 1. The zero-order valence-corrected chi connectivity index (χ0v) is 8.85. The minimum atomic E-state index is 1.10.